The van der Waals surface area contributed by atoms with Gasteiger partial charge in [0.1, 0.15) is 10.7 Å². The normalized spacial score (nSPS) is 10.8. The molecule has 0 radical (unpaired) electrons. The Morgan fingerprint density at radius 1 is 1.35 bits per heavy atom. The van der Waals surface area contributed by atoms with Crippen LogP contribution in [-0.2, 0) is 13.1 Å². The number of carboxylic acid groups (broad SMARTS) is 1. The number of carboxylic acids is 1. The third kappa shape index (κ3) is 3.65. The van der Waals surface area contributed by atoms with Gasteiger partial charge in [-0.15, -0.1) is 11.3 Å². The van der Waals surface area contributed by atoms with Gasteiger partial charge in [0.25, 0.3) is 0 Å². The van der Waals surface area contributed by atoms with Gasteiger partial charge in [-0.1, -0.05) is 15.9 Å². The minimum Gasteiger partial charge on any atom is -0.477 e. The van der Waals surface area contributed by atoms with Crippen molar-refractivity contribution in [2.24, 2.45) is 0 Å². The first-order valence-electron chi connectivity index (χ1n) is 5.94. The lowest BCUT2D eigenvalue weighted by Gasteiger charge is -2.06. The second kappa shape index (κ2) is 6.47. The van der Waals surface area contributed by atoms with Crippen molar-refractivity contribution in [3.63, 3.8) is 0 Å². The van der Waals surface area contributed by atoms with Crippen molar-refractivity contribution in [2.75, 3.05) is 0 Å². The van der Waals surface area contributed by atoms with E-state index in [4.69, 9.17) is 5.11 Å². The van der Waals surface area contributed by atoms with Gasteiger partial charge in [0.05, 0.1) is 0 Å². The van der Waals surface area contributed by atoms with Crippen LogP contribution in [0.4, 0.5) is 4.39 Å². The van der Waals surface area contributed by atoms with Crippen molar-refractivity contribution in [3.8, 4) is 0 Å². The van der Waals surface area contributed by atoms with Gasteiger partial charge in [0.15, 0.2) is 0 Å². The maximum atomic E-state index is 13.5. The van der Waals surface area contributed by atoms with Gasteiger partial charge in [-0.3, -0.25) is 0 Å². The summed E-state index contributed by atoms with van der Waals surface area (Å²) in [5, 5.41) is 12.1. The van der Waals surface area contributed by atoms with E-state index in [0.717, 1.165) is 14.9 Å². The third-order valence-corrected chi connectivity index (χ3v) is 4.44. The summed E-state index contributed by atoms with van der Waals surface area (Å²) in [4.78, 5) is 12.2. The lowest BCUT2D eigenvalue weighted by Crippen LogP contribution is -2.13. The van der Waals surface area contributed by atoms with E-state index in [9.17, 15) is 9.18 Å². The molecule has 0 saturated carbocycles. The van der Waals surface area contributed by atoms with Crippen LogP contribution in [-0.4, -0.2) is 11.1 Å². The summed E-state index contributed by atoms with van der Waals surface area (Å²) in [7, 11) is 0. The highest BCUT2D eigenvalue weighted by Crippen LogP contribution is 2.22. The second-order valence-electron chi connectivity index (χ2n) is 4.34. The maximum absolute atomic E-state index is 13.5. The van der Waals surface area contributed by atoms with E-state index in [0.29, 0.717) is 23.5 Å². The molecular weight excluding hydrogens is 345 g/mol. The number of thiophene rings is 1. The first-order chi connectivity index (χ1) is 9.47. The number of rotatable bonds is 5. The Balaban J connectivity index is 1.99. The van der Waals surface area contributed by atoms with Crippen molar-refractivity contribution in [1.82, 2.24) is 5.32 Å². The highest BCUT2D eigenvalue weighted by molar-refractivity contribution is 9.10. The standard InChI is InChI=1S/C14H13BrFNO2S/c1-8-9(5-13(20-8)14(18)19)6-17-7-10-4-11(15)2-3-12(10)16/h2-5,17H,6-7H2,1H3,(H,18,19). The summed E-state index contributed by atoms with van der Waals surface area (Å²) in [5.74, 6) is -1.17. The Bertz CT molecular complexity index is 642. The monoisotopic (exact) mass is 357 g/mol. The van der Waals surface area contributed by atoms with Crippen LogP contribution in [0, 0.1) is 12.7 Å². The first kappa shape index (κ1) is 15.2. The average Bonchev–Trinajstić information content (AvgIpc) is 2.76. The van der Waals surface area contributed by atoms with Crippen LogP contribution >= 0.6 is 27.3 Å². The fourth-order valence-corrected chi connectivity index (χ4v) is 3.10. The van der Waals surface area contributed by atoms with Gasteiger partial charge in [-0.25, -0.2) is 9.18 Å². The molecule has 20 heavy (non-hydrogen) atoms. The topological polar surface area (TPSA) is 49.3 Å². The molecular formula is C14H13BrFNO2S. The first-order valence-corrected chi connectivity index (χ1v) is 7.55. The molecule has 1 aromatic carbocycles. The fourth-order valence-electron chi connectivity index (χ4n) is 1.81. The van der Waals surface area contributed by atoms with E-state index in [1.54, 1.807) is 18.2 Å². The molecule has 0 aliphatic carbocycles. The zero-order valence-corrected chi connectivity index (χ0v) is 13.1. The predicted molar refractivity (Wildman–Crippen MR) is 80.7 cm³/mol. The van der Waals surface area contributed by atoms with E-state index in [1.165, 1.54) is 17.4 Å². The van der Waals surface area contributed by atoms with E-state index >= 15 is 0 Å². The maximum Gasteiger partial charge on any atom is 0.345 e. The molecule has 0 aliphatic rings. The number of hydrogen-bond acceptors (Lipinski definition) is 3. The van der Waals surface area contributed by atoms with Crippen LogP contribution < -0.4 is 5.32 Å². The van der Waals surface area contributed by atoms with Gasteiger partial charge < -0.3 is 10.4 Å². The molecule has 1 aromatic heterocycles. The van der Waals surface area contributed by atoms with Crippen LogP contribution in [0.1, 0.15) is 25.7 Å². The molecule has 0 saturated heterocycles. The minimum atomic E-state index is -0.914. The number of aromatic carboxylic acids is 1. The molecule has 3 nitrogen and oxygen atoms in total. The number of hydrogen-bond donors (Lipinski definition) is 2. The number of nitrogens with one attached hydrogen (secondary N) is 1. The van der Waals surface area contributed by atoms with Gasteiger partial charge in [-0.05, 0) is 36.8 Å². The second-order valence-corrected chi connectivity index (χ2v) is 6.51. The molecule has 6 heteroatoms. The number of carbonyl (C=O) groups is 1. The Labute approximate surface area is 128 Å². The number of halogens is 2. The quantitative estimate of drug-likeness (QED) is 0.851. The van der Waals surface area contributed by atoms with Gasteiger partial charge >= 0.3 is 5.97 Å². The summed E-state index contributed by atoms with van der Waals surface area (Å²) < 4.78 is 14.4. The molecule has 0 atom stereocenters. The van der Waals surface area contributed by atoms with Crippen molar-refractivity contribution in [2.45, 2.75) is 20.0 Å². The van der Waals surface area contributed by atoms with Crippen molar-refractivity contribution in [3.05, 3.63) is 55.4 Å². The molecule has 0 amide bonds. The largest absolute Gasteiger partial charge is 0.477 e. The molecule has 106 valence electrons. The van der Waals surface area contributed by atoms with E-state index in [2.05, 4.69) is 21.2 Å². The average molecular weight is 358 g/mol. The molecule has 2 N–H and O–H groups in total. The Morgan fingerprint density at radius 2 is 2.05 bits per heavy atom. The summed E-state index contributed by atoms with van der Waals surface area (Å²) in [6, 6.07) is 6.46. The van der Waals surface area contributed by atoms with Crippen molar-refractivity contribution < 1.29 is 14.3 Å². The number of aryl methyl sites for hydroxylation is 1. The lowest BCUT2D eigenvalue weighted by atomic mass is 10.2. The van der Waals surface area contributed by atoms with Crippen LogP contribution in [0.15, 0.2) is 28.7 Å². The highest BCUT2D eigenvalue weighted by atomic mass is 79.9. The zero-order valence-electron chi connectivity index (χ0n) is 10.7. The Hall–Kier alpha value is -1.24. The van der Waals surface area contributed by atoms with Crippen LogP contribution in [0.2, 0.25) is 0 Å². The van der Waals surface area contributed by atoms with E-state index in [1.807, 2.05) is 6.92 Å². The molecule has 2 aromatic rings. The van der Waals surface area contributed by atoms with Crippen LogP contribution in [0.3, 0.4) is 0 Å². The van der Waals surface area contributed by atoms with E-state index < -0.39 is 5.97 Å². The smallest absolute Gasteiger partial charge is 0.345 e. The molecule has 0 unspecified atom stereocenters. The summed E-state index contributed by atoms with van der Waals surface area (Å²) in [5.41, 5.74) is 1.51. The van der Waals surface area contributed by atoms with Crippen molar-refractivity contribution in [1.29, 1.82) is 0 Å². The molecule has 1 heterocycles. The molecule has 0 fully saturated rings. The van der Waals surface area contributed by atoms with E-state index in [-0.39, 0.29) is 5.82 Å². The molecule has 0 aliphatic heterocycles. The minimum absolute atomic E-state index is 0.256. The van der Waals surface area contributed by atoms with Gasteiger partial charge in [-0.2, -0.15) is 0 Å². The fraction of sp³-hybridized carbons (Fsp3) is 0.214. The van der Waals surface area contributed by atoms with Gasteiger partial charge in [0.2, 0.25) is 0 Å². The van der Waals surface area contributed by atoms with Crippen LogP contribution in [0.5, 0.6) is 0 Å². The molecule has 2 rings (SSSR count). The van der Waals surface area contributed by atoms with Crippen molar-refractivity contribution >= 4 is 33.2 Å². The Kier molecular flexibility index (Phi) is 4.91. The highest BCUT2D eigenvalue weighted by Gasteiger charge is 2.11. The third-order valence-electron chi connectivity index (χ3n) is 2.87. The Morgan fingerprint density at radius 3 is 2.70 bits per heavy atom. The summed E-state index contributed by atoms with van der Waals surface area (Å²) in [6.45, 7) is 2.79. The summed E-state index contributed by atoms with van der Waals surface area (Å²) >= 11 is 4.56. The van der Waals surface area contributed by atoms with Crippen LogP contribution in [0.25, 0.3) is 0 Å². The predicted octanol–water partition coefficient (Wildman–Crippen LogP) is 3.95. The zero-order chi connectivity index (χ0) is 14.7. The SMILES string of the molecule is Cc1sc(C(=O)O)cc1CNCc1cc(Br)ccc1F. The number of benzene rings is 1. The lowest BCUT2D eigenvalue weighted by molar-refractivity contribution is 0.0702. The molecule has 0 spiro atoms. The molecule has 0 bridgehead atoms. The van der Waals surface area contributed by atoms with Gasteiger partial charge in [0, 0.05) is 28.0 Å². The summed E-state index contributed by atoms with van der Waals surface area (Å²) in [6.07, 6.45) is 0.